The van der Waals surface area contributed by atoms with E-state index in [4.69, 9.17) is 0 Å². The Labute approximate surface area is 118 Å². The molecule has 1 heterocycles. The Morgan fingerprint density at radius 2 is 1.79 bits per heavy atom. The maximum absolute atomic E-state index is 10.1. The highest BCUT2D eigenvalue weighted by Gasteiger charge is 2.22. The fraction of sp³-hybridized carbons (Fsp3) is 0.333. The number of benzene rings is 1. The topological polar surface area (TPSA) is 45.4 Å². The highest BCUT2D eigenvalue weighted by Crippen LogP contribution is 2.27. The zero-order valence-corrected chi connectivity index (χ0v) is 12.0. The van der Waals surface area contributed by atoms with Crippen molar-refractivity contribution in [3.8, 4) is 5.69 Å². The molecule has 0 spiro atoms. The Morgan fingerprint density at radius 1 is 1.16 bits per heavy atom. The predicted octanol–water partition coefficient (Wildman–Crippen LogP) is 2.42. The average Bonchev–Trinajstić information content (AvgIpc) is 2.73. The maximum Gasteiger partial charge on any atom is 0.107 e. The minimum absolute atomic E-state index is 0.232. The van der Waals surface area contributed by atoms with E-state index in [2.05, 4.69) is 17.2 Å². The van der Waals surface area contributed by atoms with Gasteiger partial charge in [0.05, 0.1) is 6.10 Å². The minimum Gasteiger partial charge on any atom is -0.389 e. The second kappa shape index (κ2) is 5.82. The van der Waals surface area contributed by atoms with Crippen molar-refractivity contribution >= 4 is 12.6 Å². The first kappa shape index (κ1) is 14.2. The molecule has 2 rings (SSSR count). The molecule has 0 aliphatic carbocycles. The van der Waals surface area contributed by atoms with Gasteiger partial charge >= 0.3 is 0 Å². The van der Waals surface area contributed by atoms with Crippen LogP contribution in [0, 0.1) is 13.8 Å². The summed E-state index contributed by atoms with van der Waals surface area (Å²) in [6.45, 7) is 3.94. The van der Waals surface area contributed by atoms with Gasteiger partial charge in [-0.05, 0) is 32.0 Å². The molecule has 0 aliphatic heterocycles. The number of aliphatic hydroxyl groups excluding tert-OH is 2. The molecule has 4 heteroatoms. The number of aliphatic hydroxyl groups is 2. The normalized spacial score (nSPS) is 14.4. The third-order valence-electron chi connectivity index (χ3n) is 3.35. The lowest BCUT2D eigenvalue weighted by molar-refractivity contribution is 0.0334. The second-order valence-electron chi connectivity index (χ2n) is 4.69. The summed E-state index contributed by atoms with van der Waals surface area (Å²) < 4.78 is 2.07. The number of thiol groups is 1. The molecule has 2 aromatic rings. The first-order valence-corrected chi connectivity index (χ1v) is 6.90. The summed E-state index contributed by atoms with van der Waals surface area (Å²) in [6, 6.07) is 11.9. The van der Waals surface area contributed by atoms with Gasteiger partial charge in [-0.3, -0.25) is 0 Å². The lowest BCUT2D eigenvalue weighted by Gasteiger charge is -2.16. The second-order valence-corrected chi connectivity index (χ2v) is 5.06. The van der Waals surface area contributed by atoms with E-state index in [9.17, 15) is 10.2 Å². The van der Waals surface area contributed by atoms with Crippen molar-refractivity contribution in [1.29, 1.82) is 0 Å². The van der Waals surface area contributed by atoms with Crippen molar-refractivity contribution in [2.24, 2.45) is 0 Å². The number of hydrogen-bond donors (Lipinski definition) is 3. The molecule has 2 N–H and O–H groups in total. The van der Waals surface area contributed by atoms with Crippen LogP contribution >= 0.6 is 12.6 Å². The van der Waals surface area contributed by atoms with Gasteiger partial charge in [-0.2, -0.15) is 12.6 Å². The van der Waals surface area contributed by atoms with Gasteiger partial charge in [0.1, 0.15) is 6.10 Å². The number of aromatic nitrogens is 1. The van der Waals surface area contributed by atoms with Gasteiger partial charge in [0.15, 0.2) is 0 Å². The standard InChI is InChI=1S/C15H19NO2S/c1-10-8-13(15(18)14(17)9-19)11(2)16(10)12-6-4-3-5-7-12/h3-8,14-15,17-19H,9H2,1-2H3. The van der Waals surface area contributed by atoms with E-state index in [0.717, 1.165) is 22.6 Å². The van der Waals surface area contributed by atoms with Crippen molar-refractivity contribution in [2.75, 3.05) is 5.75 Å². The smallest absolute Gasteiger partial charge is 0.107 e. The van der Waals surface area contributed by atoms with E-state index in [0.29, 0.717) is 0 Å². The Hall–Kier alpha value is -1.23. The summed E-state index contributed by atoms with van der Waals surface area (Å²) in [5.41, 5.74) is 3.78. The van der Waals surface area contributed by atoms with Crippen LogP contribution in [0.15, 0.2) is 36.4 Å². The fourth-order valence-electron chi connectivity index (χ4n) is 2.37. The predicted molar refractivity (Wildman–Crippen MR) is 80.1 cm³/mol. The summed E-state index contributed by atoms with van der Waals surface area (Å²) >= 11 is 4.03. The molecule has 3 nitrogen and oxygen atoms in total. The van der Waals surface area contributed by atoms with Crippen LogP contribution in [0.3, 0.4) is 0 Å². The molecule has 1 aromatic carbocycles. The van der Waals surface area contributed by atoms with E-state index in [1.807, 2.05) is 50.2 Å². The molecule has 1 aromatic heterocycles. The maximum atomic E-state index is 10.1. The van der Waals surface area contributed by atoms with Crippen LogP contribution in [-0.2, 0) is 0 Å². The summed E-state index contributed by atoms with van der Waals surface area (Å²) in [5, 5.41) is 19.9. The third kappa shape index (κ3) is 2.71. The molecule has 0 fully saturated rings. The van der Waals surface area contributed by atoms with E-state index in [-0.39, 0.29) is 5.75 Å². The number of aryl methyl sites for hydroxylation is 1. The molecule has 0 saturated heterocycles. The van der Waals surface area contributed by atoms with E-state index in [1.165, 1.54) is 0 Å². The van der Waals surface area contributed by atoms with Gasteiger partial charge in [0, 0.05) is 28.4 Å². The van der Waals surface area contributed by atoms with Crippen LogP contribution in [0.4, 0.5) is 0 Å². The first-order chi connectivity index (χ1) is 9.06. The monoisotopic (exact) mass is 277 g/mol. The van der Waals surface area contributed by atoms with Gasteiger partial charge in [0.2, 0.25) is 0 Å². The number of para-hydroxylation sites is 1. The van der Waals surface area contributed by atoms with Crippen LogP contribution in [0.2, 0.25) is 0 Å². The van der Waals surface area contributed by atoms with Crippen molar-refractivity contribution < 1.29 is 10.2 Å². The zero-order chi connectivity index (χ0) is 14.0. The quantitative estimate of drug-likeness (QED) is 0.752. The largest absolute Gasteiger partial charge is 0.389 e. The zero-order valence-electron chi connectivity index (χ0n) is 11.1. The molecule has 0 aliphatic rings. The molecule has 102 valence electrons. The van der Waals surface area contributed by atoms with Gasteiger partial charge in [-0.25, -0.2) is 0 Å². The number of nitrogens with zero attached hydrogens (tertiary/aromatic N) is 1. The lowest BCUT2D eigenvalue weighted by Crippen LogP contribution is -2.20. The summed E-state index contributed by atoms with van der Waals surface area (Å²) in [5.74, 6) is 0.232. The first-order valence-electron chi connectivity index (χ1n) is 6.27. The molecule has 0 radical (unpaired) electrons. The molecule has 2 unspecified atom stereocenters. The molecular weight excluding hydrogens is 258 g/mol. The van der Waals surface area contributed by atoms with E-state index in [1.54, 1.807) is 0 Å². The van der Waals surface area contributed by atoms with Crippen molar-refractivity contribution in [3.63, 3.8) is 0 Å². The van der Waals surface area contributed by atoms with Crippen LogP contribution < -0.4 is 0 Å². The average molecular weight is 277 g/mol. The molecular formula is C15H19NO2S. The van der Waals surface area contributed by atoms with Gasteiger partial charge in [-0.15, -0.1) is 0 Å². The minimum atomic E-state index is -0.902. The number of hydrogen-bond acceptors (Lipinski definition) is 3. The Morgan fingerprint density at radius 3 is 2.37 bits per heavy atom. The molecule has 0 bridgehead atoms. The Kier molecular flexibility index (Phi) is 4.34. The van der Waals surface area contributed by atoms with Crippen LogP contribution in [-0.4, -0.2) is 26.6 Å². The molecule has 2 atom stereocenters. The summed E-state index contributed by atoms with van der Waals surface area (Å²) in [4.78, 5) is 0. The Balaban J connectivity index is 2.46. The van der Waals surface area contributed by atoms with Crippen LogP contribution in [0.1, 0.15) is 23.1 Å². The van der Waals surface area contributed by atoms with Crippen molar-refractivity contribution in [2.45, 2.75) is 26.1 Å². The van der Waals surface area contributed by atoms with Crippen molar-refractivity contribution in [3.05, 3.63) is 53.3 Å². The van der Waals surface area contributed by atoms with Crippen molar-refractivity contribution in [1.82, 2.24) is 4.57 Å². The number of rotatable bonds is 4. The van der Waals surface area contributed by atoms with Gasteiger partial charge in [-0.1, -0.05) is 18.2 Å². The highest BCUT2D eigenvalue weighted by atomic mass is 32.1. The fourth-order valence-corrected chi connectivity index (χ4v) is 2.57. The Bertz CT molecular complexity index is 551. The van der Waals surface area contributed by atoms with Crippen LogP contribution in [0.5, 0.6) is 0 Å². The van der Waals surface area contributed by atoms with Crippen LogP contribution in [0.25, 0.3) is 5.69 Å². The van der Waals surface area contributed by atoms with E-state index >= 15 is 0 Å². The van der Waals surface area contributed by atoms with E-state index < -0.39 is 12.2 Å². The van der Waals surface area contributed by atoms with Gasteiger partial charge in [0.25, 0.3) is 0 Å². The molecule has 0 amide bonds. The summed E-state index contributed by atoms with van der Waals surface area (Å²) in [7, 11) is 0. The third-order valence-corrected chi connectivity index (χ3v) is 3.73. The SMILES string of the molecule is Cc1cc(C(O)C(O)CS)c(C)n1-c1ccccc1. The summed E-state index contributed by atoms with van der Waals surface area (Å²) in [6.07, 6.45) is -1.76. The highest BCUT2D eigenvalue weighted by molar-refractivity contribution is 7.80. The van der Waals surface area contributed by atoms with Gasteiger partial charge < -0.3 is 14.8 Å². The molecule has 19 heavy (non-hydrogen) atoms. The molecule has 0 saturated carbocycles. The lowest BCUT2D eigenvalue weighted by atomic mass is 10.1.